The molecule has 0 aliphatic heterocycles. The predicted molar refractivity (Wildman–Crippen MR) is 79.5 cm³/mol. The topological polar surface area (TPSA) is 15.8 Å². The van der Waals surface area contributed by atoms with Crippen molar-refractivity contribution in [3.63, 3.8) is 0 Å². The van der Waals surface area contributed by atoms with Crippen LogP contribution in [0.2, 0.25) is 0 Å². The highest BCUT2D eigenvalue weighted by Crippen LogP contribution is 2.31. The number of hydrogen-bond acceptors (Lipinski definition) is 0. The summed E-state index contributed by atoms with van der Waals surface area (Å²) in [5, 5.41) is 0.991. The van der Waals surface area contributed by atoms with Gasteiger partial charge in [0.1, 0.15) is 0 Å². The van der Waals surface area contributed by atoms with Crippen LogP contribution in [0.1, 0.15) is 16.7 Å². The molecule has 0 amide bonds. The summed E-state index contributed by atoms with van der Waals surface area (Å²) in [5.74, 6) is 0. The van der Waals surface area contributed by atoms with Crippen molar-refractivity contribution in [3.8, 4) is 0 Å². The molecule has 1 N–H and O–H groups in total. The van der Waals surface area contributed by atoms with Crippen LogP contribution in [0.25, 0.3) is 10.9 Å². The van der Waals surface area contributed by atoms with Crippen LogP contribution in [-0.4, -0.2) is 4.98 Å². The molecule has 5 heteroatoms. The molecule has 1 radical (unpaired) electrons. The number of rotatable bonds is 2. The van der Waals surface area contributed by atoms with Crippen LogP contribution in [0.15, 0.2) is 54.7 Å². The summed E-state index contributed by atoms with van der Waals surface area (Å²) < 4.78 is 38.0. The summed E-state index contributed by atoms with van der Waals surface area (Å²) in [6.07, 6.45) is -0.775. The Balaban J connectivity index is 0.00000161. The molecule has 21 heavy (non-hydrogen) atoms. The number of alkyl halides is 3. The molecule has 0 saturated carbocycles. The molecule has 0 aliphatic rings. The minimum atomic E-state index is -4.32. The van der Waals surface area contributed by atoms with Gasteiger partial charge in [0.25, 0.3) is 0 Å². The first-order chi connectivity index (χ1) is 9.54. The highest BCUT2D eigenvalue weighted by Gasteiger charge is 2.30. The van der Waals surface area contributed by atoms with Gasteiger partial charge < -0.3 is 4.98 Å². The van der Waals surface area contributed by atoms with Gasteiger partial charge in [-0.1, -0.05) is 36.4 Å². The summed E-state index contributed by atoms with van der Waals surface area (Å²) in [6.45, 7) is 0. The van der Waals surface area contributed by atoms with Crippen molar-refractivity contribution in [3.05, 3.63) is 77.8 Å². The number of nitrogens with one attached hydrogen (secondary N) is 1. The summed E-state index contributed by atoms with van der Waals surface area (Å²) in [7, 11) is 0. The summed E-state index contributed by atoms with van der Waals surface area (Å²) in [5.41, 5.74) is 1.74. The van der Waals surface area contributed by atoms with Crippen molar-refractivity contribution < 1.29 is 13.2 Å². The summed E-state index contributed by atoms with van der Waals surface area (Å²) >= 11 is 0. The highest BCUT2D eigenvalue weighted by molar-refractivity contribution is 5.85. The Hall–Kier alpha value is -1.94. The van der Waals surface area contributed by atoms with Crippen molar-refractivity contribution in [2.45, 2.75) is 6.18 Å². The molecule has 3 rings (SSSR count). The zero-order valence-corrected chi connectivity index (χ0v) is 11.6. The average Bonchev–Trinajstić information content (AvgIpc) is 2.82. The number of hydrogen-bond donors (Lipinski definition) is 1. The van der Waals surface area contributed by atoms with E-state index in [0.717, 1.165) is 28.6 Å². The van der Waals surface area contributed by atoms with Crippen molar-refractivity contribution in [2.75, 3.05) is 0 Å². The molecule has 0 aliphatic carbocycles. The van der Waals surface area contributed by atoms with E-state index in [9.17, 15) is 13.2 Å². The molecule has 0 fully saturated rings. The number of halogens is 4. The minimum absolute atomic E-state index is 0. The van der Waals surface area contributed by atoms with Gasteiger partial charge in [0.15, 0.2) is 0 Å². The fourth-order valence-corrected chi connectivity index (χ4v) is 2.20. The van der Waals surface area contributed by atoms with Crippen LogP contribution in [0.5, 0.6) is 0 Å². The molecule has 2 aromatic carbocycles. The Morgan fingerprint density at radius 3 is 2.48 bits per heavy atom. The van der Waals surface area contributed by atoms with Crippen LogP contribution >= 0.6 is 12.4 Å². The zero-order valence-electron chi connectivity index (χ0n) is 10.8. The molecule has 0 spiro atoms. The molecule has 1 aromatic heterocycles. The van der Waals surface area contributed by atoms with Gasteiger partial charge in [0, 0.05) is 23.5 Å². The van der Waals surface area contributed by atoms with Crippen LogP contribution < -0.4 is 0 Å². The van der Waals surface area contributed by atoms with E-state index in [1.54, 1.807) is 18.7 Å². The van der Waals surface area contributed by atoms with E-state index in [-0.39, 0.29) is 12.4 Å². The third-order valence-corrected chi connectivity index (χ3v) is 3.16. The number of para-hydroxylation sites is 1. The van der Waals surface area contributed by atoms with Crippen LogP contribution in [0.3, 0.4) is 0 Å². The van der Waals surface area contributed by atoms with E-state index in [0.29, 0.717) is 5.56 Å². The van der Waals surface area contributed by atoms with Gasteiger partial charge in [-0.05, 0) is 23.3 Å². The van der Waals surface area contributed by atoms with E-state index in [1.165, 1.54) is 6.07 Å². The quantitative estimate of drug-likeness (QED) is 0.669. The largest absolute Gasteiger partial charge is 0.416 e. The Morgan fingerprint density at radius 1 is 0.952 bits per heavy atom. The maximum absolute atomic E-state index is 12.7. The molecule has 109 valence electrons. The number of fused-ring (bicyclic) bond motifs is 1. The van der Waals surface area contributed by atoms with Gasteiger partial charge >= 0.3 is 6.18 Å². The second-order valence-corrected chi connectivity index (χ2v) is 4.56. The van der Waals surface area contributed by atoms with E-state index in [2.05, 4.69) is 4.98 Å². The predicted octanol–water partition coefficient (Wildman–Crippen LogP) is 5.21. The molecule has 3 aromatic rings. The Kier molecular flexibility index (Phi) is 4.28. The van der Waals surface area contributed by atoms with E-state index in [4.69, 9.17) is 0 Å². The molecule has 0 bridgehead atoms. The van der Waals surface area contributed by atoms with Gasteiger partial charge in [0.05, 0.1) is 5.56 Å². The lowest BCUT2D eigenvalue weighted by molar-refractivity contribution is -0.137. The first-order valence-corrected chi connectivity index (χ1v) is 6.12. The molecular weight excluding hydrogens is 299 g/mol. The Bertz CT molecular complexity index is 746. The number of aromatic amines is 1. The second kappa shape index (κ2) is 5.82. The lowest BCUT2D eigenvalue weighted by Crippen LogP contribution is -2.04. The first kappa shape index (κ1) is 15.4. The highest BCUT2D eigenvalue weighted by atomic mass is 35.5. The van der Waals surface area contributed by atoms with Crippen molar-refractivity contribution >= 4 is 23.3 Å². The summed E-state index contributed by atoms with van der Waals surface area (Å²) in [4.78, 5) is 3.10. The van der Waals surface area contributed by atoms with Crippen molar-refractivity contribution in [2.24, 2.45) is 0 Å². The number of aromatic nitrogens is 1. The number of benzene rings is 2. The smallest absolute Gasteiger partial charge is 0.361 e. The van der Waals surface area contributed by atoms with Crippen LogP contribution in [0, 0.1) is 6.42 Å². The van der Waals surface area contributed by atoms with Crippen LogP contribution in [0.4, 0.5) is 13.2 Å². The SMILES string of the molecule is Cl.FC(F)(F)c1cccc([CH]c2c[nH]c3ccccc23)c1. The summed E-state index contributed by atoms with van der Waals surface area (Å²) in [6, 6.07) is 13.0. The van der Waals surface area contributed by atoms with Crippen molar-refractivity contribution in [1.82, 2.24) is 4.98 Å². The molecule has 1 heterocycles. The van der Waals surface area contributed by atoms with E-state index in [1.807, 2.05) is 24.3 Å². The maximum atomic E-state index is 12.7. The number of H-pyrrole nitrogens is 1. The van der Waals surface area contributed by atoms with E-state index < -0.39 is 11.7 Å². The average molecular weight is 311 g/mol. The lowest BCUT2D eigenvalue weighted by Gasteiger charge is -2.08. The third kappa shape index (κ3) is 3.22. The van der Waals surface area contributed by atoms with Gasteiger partial charge in [-0.2, -0.15) is 13.2 Å². The molecule has 0 saturated heterocycles. The Labute approximate surface area is 126 Å². The molecular formula is C16H12ClF3N. The monoisotopic (exact) mass is 310 g/mol. The van der Waals surface area contributed by atoms with Gasteiger partial charge in [-0.3, -0.25) is 0 Å². The maximum Gasteiger partial charge on any atom is 0.416 e. The zero-order chi connectivity index (χ0) is 14.2. The normalized spacial score (nSPS) is 11.4. The third-order valence-electron chi connectivity index (χ3n) is 3.16. The lowest BCUT2D eigenvalue weighted by atomic mass is 10.0. The fraction of sp³-hybridized carbons (Fsp3) is 0.0625. The van der Waals surface area contributed by atoms with Gasteiger partial charge in [-0.15, -0.1) is 12.4 Å². The van der Waals surface area contributed by atoms with Crippen LogP contribution in [-0.2, 0) is 6.18 Å². The molecule has 0 atom stereocenters. The van der Waals surface area contributed by atoms with Gasteiger partial charge in [0.2, 0.25) is 0 Å². The second-order valence-electron chi connectivity index (χ2n) is 4.56. The van der Waals surface area contributed by atoms with Crippen molar-refractivity contribution in [1.29, 1.82) is 0 Å². The van der Waals surface area contributed by atoms with E-state index >= 15 is 0 Å². The molecule has 1 nitrogen and oxygen atoms in total. The minimum Gasteiger partial charge on any atom is -0.361 e. The Morgan fingerprint density at radius 2 is 1.71 bits per heavy atom. The standard InChI is InChI=1S/C16H11F3N.ClH/c17-16(18,19)13-5-3-4-11(9-13)8-12-10-20-15-7-2-1-6-14(12)15;/h1-10,20H;1H. The van der Waals surface area contributed by atoms with Gasteiger partial charge in [-0.25, -0.2) is 0 Å². The molecule has 0 unspecified atom stereocenters. The fourth-order valence-electron chi connectivity index (χ4n) is 2.20. The first-order valence-electron chi connectivity index (χ1n) is 6.12.